The van der Waals surface area contributed by atoms with Gasteiger partial charge in [0.2, 0.25) is 5.39 Å². The van der Waals surface area contributed by atoms with Crippen LogP contribution in [0.5, 0.6) is 0 Å². The molecule has 1 rings (SSSR count). The Hall–Kier alpha value is -1.47. The smallest absolute Gasteiger partial charge is 0.410 e. The van der Waals surface area contributed by atoms with E-state index in [9.17, 15) is 5.11 Å². The summed E-state index contributed by atoms with van der Waals surface area (Å²) in [4.78, 5) is 3.18. The zero-order chi connectivity index (χ0) is 12.7. The van der Waals surface area contributed by atoms with E-state index in [1.54, 1.807) is 18.7 Å². The van der Waals surface area contributed by atoms with E-state index in [0.717, 1.165) is 12.2 Å². The Kier molecular flexibility index (Phi) is 5.58. The van der Waals surface area contributed by atoms with Crippen molar-refractivity contribution in [3.63, 3.8) is 0 Å². The molecular formula is C13H17N2OS+. The summed E-state index contributed by atoms with van der Waals surface area (Å²) in [6, 6.07) is 10.1. The number of hydrogen-bond donors (Lipinski definition) is 1. The summed E-state index contributed by atoms with van der Waals surface area (Å²) in [5.41, 5.74) is 1.59. The van der Waals surface area contributed by atoms with Crippen LogP contribution in [0.2, 0.25) is 0 Å². The van der Waals surface area contributed by atoms with E-state index in [4.69, 9.17) is 5.39 Å². The normalized spacial score (nSPS) is 13.7. The monoisotopic (exact) mass is 249 g/mol. The average molecular weight is 249 g/mol. The van der Waals surface area contributed by atoms with Crippen LogP contribution in [0.1, 0.15) is 25.8 Å². The maximum absolute atomic E-state index is 9.42. The Bertz CT molecular complexity index is 419. The molecule has 3 nitrogen and oxygen atoms in total. The molecule has 1 aromatic rings. The van der Waals surface area contributed by atoms with Gasteiger partial charge in [-0.2, -0.15) is 0 Å². The summed E-state index contributed by atoms with van der Waals surface area (Å²) < 4.78 is 0. The summed E-state index contributed by atoms with van der Waals surface area (Å²) in [6.07, 6.45) is 0.814. The Morgan fingerprint density at radius 2 is 2.06 bits per heavy atom. The minimum Gasteiger partial charge on any atom is -0.505 e. The second-order valence-corrected chi connectivity index (χ2v) is 4.96. The molecule has 0 aliphatic rings. The third-order valence-corrected chi connectivity index (χ3v) is 3.91. The maximum atomic E-state index is 9.42. The Morgan fingerprint density at radius 1 is 1.41 bits per heavy atom. The quantitative estimate of drug-likeness (QED) is 0.623. The average Bonchev–Trinajstić information content (AvgIpc) is 2.35. The lowest BCUT2D eigenvalue weighted by atomic mass is 10.2. The van der Waals surface area contributed by atoms with Crippen molar-refractivity contribution < 1.29 is 5.11 Å². The molecule has 1 atom stereocenters. The molecule has 1 unspecified atom stereocenters. The van der Waals surface area contributed by atoms with Crippen molar-refractivity contribution in [2.24, 2.45) is 0 Å². The highest BCUT2D eigenvalue weighted by Gasteiger charge is 2.27. The van der Waals surface area contributed by atoms with E-state index < -0.39 is 0 Å². The number of allylic oxidation sites excluding steroid dienone is 1. The van der Waals surface area contributed by atoms with Crippen LogP contribution in [0.25, 0.3) is 4.98 Å². The minimum absolute atomic E-state index is 0.0187. The molecule has 1 aromatic carbocycles. The second-order valence-electron chi connectivity index (χ2n) is 3.76. The first-order valence-corrected chi connectivity index (χ1v) is 6.64. The van der Waals surface area contributed by atoms with Gasteiger partial charge in [0.1, 0.15) is 5.25 Å². The third-order valence-electron chi connectivity index (χ3n) is 2.45. The first-order chi connectivity index (χ1) is 8.19. The molecule has 90 valence electrons. The lowest BCUT2D eigenvalue weighted by Gasteiger charge is -2.07. The van der Waals surface area contributed by atoms with Crippen LogP contribution >= 0.6 is 11.8 Å². The maximum Gasteiger partial charge on any atom is 0.410 e. The van der Waals surface area contributed by atoms with Gasteiger partial charge in [-0.05, 0) is 12.0 Å². The van der Waals surface area contributed by atoms with Gasteiger partial charge < -0.3 is 5.11 Å². The molecule has 0 spiro atoms. The fourth-order valence-corrected chi connectivity index (χ4v) is 2.73. The summed E-state index contributed by atoms with van der Waals surface area (Å²) in [5.74, 6) is 0.922. The predicted molar refractivity (Wildman–Crippen MR) is 72.2 cm³/mol. The number of aliphatic hydroxyl groups is 1. The van der Waals surface area contributed by atoms with E-state index in [-0.39, 0.29) is 11.0 Å². The molecule has 0 bridgehead atoms. The largest absolute Gasteiger partial charge is 0.505 e. The van der Waals surface area contributed by atoms with E-state index in [2.05, 4.69) is 17.1 Å². The van der Waals surface area contributed by atoms with E-state index in [0.29, 0.717) is 5.70 Å². The predicted octanol–water partition coefficient (Wildman–Crippen LogP) is 4.34. The second kappa shape index (κ2) is 6.97. The minimum atomic E-state index is 0.0187. The van der Waals surface area contributed by atoms with Crippen LogP contribution in [-0.4, -0.2) is 10.4 Å². The van der Waals surface area contributed by atoms with Crippen molar-refractivity contribution in [2.45, 2.75) is 31.3 Å². The van der Waals surface area contributed by atoms with Gasteiger partial charge in [0, 0.05) is 12.7 Å². The van der Waals surface area contributed by atoms with Gasteiger partial charge >= 0.3 is 5.70 Å². The van der Waals surface area contributed by atoms with E-state index in [1.807, 2.05) is 25.1 Å². The van der Waals surface area contributed by atoms with Crippen molar-refractivity contribution in [1.29, 1.82) is 5.39 Å². The van der Waals surface area contributed by atoms with Crippen LogP contribution < -0.4 is 0 Å². The molecule has 0 aromatic heterocycles. The SMILES string of the molecule is CCC(SCc1ccccc1)/C([N+]#N)=C(/C)O. The van der Waals surface area contributed by atoms with E-state index >= 15 is 0 Å². The fraction of sp³-hybridized carbons (Fsp3) is 0.385. The molecule has 1 N–H and O–H groups in total. The molecule has 0 aliphatic carbocycles. The van der Waals surface area contributed by atoms with Crippen LogP contribution in [0.3, 0.4) is 0 Å². The van der Waals surface area contributed by atoms with Crippen molar-refractivity contribution >= 4 is 11.8 Å². The van der Waals surface area contributed by atoms with Crippen molar-refractivity contribution in [2.75, 3.05) is 0 Å². The molecule has 17 heavy (non-hydrogen) atoms. The third kappa shape index (κ3) is 4.12. The first-order valence-electron chi connectivity index (χ1n) is 5.59. The molecule has 0 heterocycles. The summed E-state index contributed by atoms with van der Waals surface area (Å²) in [6.45, 7) is 3.55. The molecule has 0 saturated carbocycles. The van der Waals surface area contributed by atoms with Crippen molar-refractivity contribution in [3.05, 3.63) is 52.3 Å². The Morgan fingerprint density at radius 3 is 2.53 bits per heavy atom. The van der Waals surface area contributed by atoms with Crippen LogP contribution in [0, 0.1) is 5.39 Å². The van der Waals surface area contributed by atoms with Crippen LogP contribution in [-0.2, 0) is 5.75 Å². The molecule has 0 saturated heterocycles. The van der Waals surface area contributed by atoms with Gasteiger partial charge in [0.25, 0.3) is 0 Å². The van der Waals surface area contributed by atoms with Crippen LogP contribution in [0.15, 0.2) is 41.8 Å². The van der Waals surface area contributed by atoms with Gasteiger partial charge in [0.05, 0.1) is 0 Å². The van der Waals surface area contributed by atoms with Gasteiger partial charge in [-0.3, -0.25) is 0 Å². The first kappa shape index (κ1) is 13.6. The lowest BCUT2D eigenvalue weighted by Crippen LogP contribution is -2.05. The number of benzene rings is 1. The number of hydrogen-bond acceptors (Lipinski definition) is 3. The zero-order valence-corrected chi connectivity index (χ0v) is 10.9. The van der Waals surface area contributed by atoms with Gasteiger partial charge in [-0.1, -0.05) is 37.3 Å². The highest BCUT2D eigenvalue weighted by atomic mass is 32.2. The van der Waals surface area contributed by atoms with Crippen molar-refractivity contribution in [1.82, 2.24) is 0 Å². The zero-order valence-electron chi connectivity index (χ0n) is 10.1. The Labute approximate surface area is 106 Å². The van der Waals surface area contributed by atoms with Gasteiger partial charge in [0.15, 0.2) is 10.7 Å². The lowest BCUT2D eigenvalue weighted by molar-refractivity contribution is 0.406. The summed E-state index contributed by atoms with van der Waals surface area (Å²) >= 11 is 1.66. The number of rotatable bonds is 5. The topological polar surface area (TPSA) is 48.4 Å². The molecular weight excluding hydrogens is 232 g/mol. The fourth-order valence-electron chi connectivity index (χ4n) is 1.53. The standard InChI is InChI=1S/C13H16N2OS/c1-3-12(13(15-14)10(2)16)17-9-11-7-5-4-6-8-11/h4-8,12H,3,9H2,1-2H3/p+1/b13-10+. The summed E-state index contributed by atoms with van der Waals surface area (Å²) in [7, 11) is 0. The molecule has 4 heteroatoms. The highest BCUT2D eigenvalue weighted by molar-refractivity contribution is 7.99. The number of aliphatic hydroxyl groups excluding tert-OH is 1. The molecule has 0 fully saturated rings. The number of thioether (sulfide) groups is 1. The summed E-state index contributed by atoms with van der Waals surface area (Å²) in [5, 5.41) is 18.3. The number of nitrogens with zero attached hydrogens (tertiary/aromatic N) is 2. The molecule has 0 radical (unpaired) electrons. The highest BCUT2D eigenvalue weighted by Crippen LogP contribution is 2.28. The van der Waals surface area contributed by atoms with Gasteiger partial charge in [-0.15, -0.1) is 11.8 Å². The number of diazo groups is 1. The van der Waals surface area contributed by atoms with Crippen LogP contribution in [0.4, 0.5) is 0 Å². The van der Waals surface area contributed by atoms with E-state index in [1.165, 1.54) is 5.56 Å². The van der Waals surface area contributed by atoms with Crippen molar-refractivity contribution in [3.8, 4) is 0 Å². The Balaban J connectivity index is 2.66. The molecule has 0 amide bonds. The van der Waals surface area contributed by atoms with Gasteiger partial charge in [-0.25, -0.2) is 0 Å². The molecule has 0 aliphatic heterocycles.